The Labute approximate surface area is 97.2 Å². The monoisotopic (exact) mass is 222 g/mol. The highest BCUT2D eigenvalue weighted by Crippen LogP contribution is 2.31. The van der Waals surface area contributed by atoms with Gasteiger partial charge in [-0.2, -0.15) is 5.10 Å². The van der Waals surface area contributed by atoms with Crippen molar-refractivity contribution in [2.75, 3.05) is 6.54 Å². The number of aromatic amines is 1. The van der Waals surface area contributed by atoms with E-state index < -0.39 is 0 Å². The second kappa shape index (κ2) is 5.43. The van der Waals surface area contributed by atoms with Gasteiger partial charge in [0.2, 0.25) is 0 Å². The molecule has 0 saturated heterocycles. The molecule has 2 N–H and O–H groups in total. The van der Waals surface area contributed by atoms with Crippen LogP contribution in [0.5, 0.6) is 0 Å². The Balaban J connectivity index is 1.91. The van der Waals surface area contributed by atoms with E-state index in [0.29, 0.717) is 12.0 Å². The number of likely N-dealkylation sites (N-methyl/N-ethyl adjacent to an activating group) is 1. The number of rotatable bonds is 5. The zero-order chi connectivity index (χ0) is 11.4. The van der Waals surface area contributed by atoms with Crippen LogP contribution in [-0.2, 0) is 6.42 Å². The van der Waals surface area contributed by atoms with Gasteiger partial charge in [-0.1, -0.05) is 19.8 Å². The van der Waals surface area contributed by atoms with Crippen LogP contribution in [0.15, 0.2) is 0 Å². The van der Waals surface area contributed by atoms with E-state index in [1.807, 2.05) is 0 Å². The summed E-state index contributed by atoms with van der Waals surface area (Å²) < 4.78 is 0. The standard InChI is InChI=1S/C12H22N4/c1-3-13-9(2)8-11-14-12(16-15-11)10-6-4-5-7-10/h9-10,13H,3-8H2,1-2H3,(H,14,15,16). The first kappa shape index (κ1) is 11.6. The Morgan fingerprint density at radius 1 is 1.44 bits per heavy atom. The molecule has 1 fully saturated rings. The van der Waals surface area contributed by atoms with Crippen LogP contribution in [0.2, 0.25) is 0 Å². The van der Waals surface area contributed by atoms with Gasteiger partial charge in [-0.3, -0.25) is 5.10 Å². The lowest BCUT2D eigenvalue weighted by Crippen LogP contribution is -2.28. The molecular formula is C12H22N4. The largest absolute Gasteiger partial charge is 0.314 e. The average Bonchev–Trinajstić information content (AvgIpc) is 2.86. The van der Waals surface area contributed by atoms with Gasteiger partial charge < -0.3 is 5.32 Å². The molecule has 1 atom stereocenters. The molecule has 1 aliphatic carbocycles. The number of aromatic nitrogens is 3. The van der Waals surface area contributed by atoms with Gasteiger partial charge in [0.15, 0.2) is 5.82 Å². The summed E-state index contributed by atoms with van der Waals surface area (Å²) in [4.78, 5) is 4.61. The summed E-state index contributed by atoms with van der Waals surface area (Å²) in [6, 6.07) is 0.467. The Kier molecular flexibility index (Phi) is 3.93. The molecule has 4 heteroatoms. The van der Waals surface area contributed by atoms with Crippen molar-refractivity contribution in [1.29, 1.82) is 0 Å². The van der Waals surface area contributed by atoms with E-state index in [1.54, 1.807) is 0 Å². The minimum Gasteiger partial charge on any atom is -0.314 e. The fourth-order valence-corrected chi connectivity index (χ4v) is 2.48. The molecule has 1 aromatic heterocycles. The van der Waals surface area contributed by atoms with Crippen molar-refractivity contribution in [3.05, 3.63) is 11.6 Å². The lowest BCUT2D eigenvalue weighted by atomic mass is 10.1. The smallest absolute Gasteiger partial charge is 0.153 e. The van der Waals surface area contributed by atoms with E-state index >= 15 is 0 Å². The van der Waals surface area contributed by atoms with Gasteiger partial charge in [-0.15, -0.1) is 0 Å². The van der Waals surface area contributed by atoms with E-state index in [-0.39, 0.29) is 0 Å². The number of H-pyrrole nitrogens is 1. The molecule has 0 aliphatic heterocycles. The highest BCUT2D eigenvalue weighted by Gasteiger charge is 2.21. The van der Waals surface area contributed by atoms with Crippen LogP contribution in [0.25, 0.3) is 0 Å². The molecule has 1 aromatic rings. The van der Waals surface area contributed by atoms with Gasteiger partial charge in [-0.25, -0.2) is 4.98 Å². The van der Waals surface area contributed by atoms with Crippen molar-refractivity contribution in [3.63, 3.8) is 0 Å². The molecule has 0 bridgehead atoms. The molecule has 1 aliphatic rings. The summed E-state index contributed by atoms with van der Waals surface area (Å²) in [7, 11) is 0. The van der Waals surface area contributed by atoms with E-state index in [1.165, 1.54) is 25.7 Å². The predicted octanol–water partition coefficient (Wildman–Crippen LogP) is 2.00. The molecule has 2 rings (SSSR count). The van der Waals surface area contributed by atoms with Crippen LogP contribution in [0.3, 0.4) is 0 Å². The Morgan fingerprint density at radius 3 is 2.88 bits per heavy atom. The summed E-state index contributed by atoms with van der Waals surface area (Å²) in [5.74, 6) is 2.67. The summed E-state index contributed by atoms with van der Waals surface area (Å²) >= 11 is 0. The normalized spacial score (nSPS) is 19.1. The summed E-state index contributed by atoms with van der Waals surface area (Å²) in [6.45, 7) is 5.31. The number of nitrogens with zero attached hydrogens (tertiary/aromatic N) is 2. The molecule has 16 heavy (non-hydrogen) atoms. The lowest BCUT2D eigenvalue weighted by molar-refractivity contribution is 0.552. The van der Waals surface area contributed by atoms with E-state index in [4.69, 9.17) is 0 Å². The first-order valence-electron chi connectivity index (χ1n) is 6.44. The fraction of sp³-hybridized carbons (Fsp3) is 0.833. The van der Waals surface area contributed by atoms with Crippen molar-refractivity contribution in [2.45, 2.75) is 57.9 Å². The van der Waals surface area contributed by atoms with Crippen LogP contribution >= 0.6 is 0 Å². The van der Waals surface area contributed by atoms with Gasteiger partial charge in [0.25, 0.3) is 0 Å². The second-order valence-corrected chi connectivity index (χ2v) is 4.78. The van der Waals surface area contributed by atoms with Gasteiger partial charge in [-0.05, 0) is 26.3 Å². The molecular weight excluding hydrogens is 200 g/mol. The van der Waals surface area contributed by atoms with Crippen molar-refractivity contribution >= 4 is 0 Å². The molecule has 0 amide bonds. The molecule has 1 heterocycles. The summed E-state index contributed by atoms with van der Waals surface area (Å²) in [5, 5.41) is 10.8. The van der Waals surface area contributed by atoms with Gasteiger partial charge >= 0.3 is 0 Å². The van der Waals surface area contributed by atoms with Crippen LogP contribution in [0.4, 0.5) is 0 Å². The molecule has 0 aromatic carbocycles. The number of hydrogen-bond acceptors (Lipinski definition) is 3. The highest BCUT2D eigenvalue weighted by molar-refractivity contribution is 5.00. The second-order valence-electron chi connectivity index (χ2n) is 4.78. The van der Waals surface area contributed by atoms with E-state index in [9.17, 15) is 0 Å². The molecule has 1 saturated carbocycles. The minimum atomic E-state index is 0.467. The maximum Gasteiger partial charge on any atom is 0.153 e. The van der Waals surface area contributed by atoms with Gasteiger partial charge in [0.1, 0.15) is 5.82 Å². The quantitative estimate of drug-likeness (QED) is 0.801. The maximum atomic E-state index is 4.61. The van der Waals surface area contributed by atoms with E-state index in [2.05, 4.69) is 34.3 Å². The molecule has 90 valence electrons. The molecule has 1 unspecified atom stereocenters. The number of hydrogen-bond donors (Lipinski definition) is 2. The Morgan fingerprint density at radius 2 is 2.19 bits per heavy atom. The van der Waals surface area contributed by atoms with Crippen LogP contribution in [0, 0.1) is 0 Å². The SMILES string of the molecule is CCNC(C)Cc1nc(C2CCCC2)n[nH]1. The van der Waals surface area contributed by atoms with Crippen LogP contribution in [0.1, 0.15) is 57.1 Å². The van der Waals surface area contributed by atoms with E-state index in [0.717, 1.165) is 24.6 Å². The Bertz CT molecular complexity index is 315. The van der Waals surface area contributed by atoms with Crippen molar-refractivity contribution < 1.29 is 0 Å². The maximum absolute atomic E-state index is 4.61. The molecule has 0 radical (unpaired) electrons. The fourth-order valence-electron chi connectivity index (χ4n) is 2.48. The first-order valence-corrected chi connectivity index (χ1v) is 6.44. The zero-order valence-corrected chi connectivity index (χ0v) is 10.3. The van der Waals surface area contributed by atoms with Crippen LogP contribution in [-0.4, -0.2) is 27.8 Å². The highest BCUT2D eigenvalue weighted by atomic mass is 15.2. The average molecular weight is 222 g/mol. The third-order valence-corrected chi connectivity index (χ3v) is 3.32. The number of nitrogens with one attached hydrogen (secondary N) is 2. The van der Waals surface area contributed by atoms with Crippen LogP contribution < -0.4 is 5.32 Å². The summed E-state index contributed by atoms with van der Waals surface area (Å²) in [6.07, 6.45) is 6.14. The molecule has 4 nitrogen and oxygen atoms in total. The van der Waals surface area contributed by atoms with Crippen molar-refractivity contribution in [1.82, 2.24) is 20.5 Å². The first-order chi connectivity index (χ1) is 7.79. The van der Waals surface area contributed by atoms with Gasteiger partial charge in [0, 0.05) is 18.4 Å². The third kappa shape index (κ3) is 2.82. The lowest BCUT2D eigenvalue weighted by Gasteiger charge is -2.09. The topological polar surface area (TPSA) is 53.6 Å². The van der Waals surface area contributed by atoms with Gasteiger partial charge in [0.05, 0.1) is 0 Å². The third-order valence-electron chi connectivity index (χ3n) is 3.32. The van der Waals surface area contributed by atoms with Crippen molar-refractivity contribution in [2.24, 2.45) is 0 Å². The van der Waals surface area contributed by atoms with Crippen molar-refractivity contribution in [3.8, 4) is 0 Å². The minimum absolute atomic E-state index is 0.467. The zero-order valence-electron chi connectivity index (χ0n) is 10.3. The molecule has 0 spiro atoms. The summed E-state index contributed by atoms with van der Waals surface area (Å²) in [5.41, 5.74) is 0. The predicted molar refractivity (Wildman–Crippen MR) is 64.4 cm³/mol. The Hall–Kier alpha value is -0.900.